The summed E-state index contributed by atoms with van der Waals surface area (Å²) in [5, 5.41) is 0. The standard InChI is InChI=1S/C10H10F2INO3/c1-16-6-4-14-9(10(11)12)5(8(6)13)3-7(15)17-2/h4,10H,3H2,1-2H3. The highest BCUT2D eigenvalue weighted by molar-refractivity contribution is 14.1. The molecule has 1 aromatic rings. The van der Waals surface area contributed by atoms with Crippen LogP contribution in [-0.4, -0.2) is 25.2 Å². The Kier molecular flexibility index (Phi) is 5.03. The Morgan fingerprint density at radius 1 is 1.53 bits per heavy atom. The van der Waals surface area contributed by atoms with E-state index in [-0.39, 0.29) is 12.0 Å². The summed E-state index contributed by atoms with van der Waals surface area (Å²) in [6, 6.07) is 0. The molecule has 0 bridgehead atoms. The molecule has 0 unspecified atom stereocenters. The zero-order valence-electron chi connectivity index (χ0n) is 9.17. The summed E-state index contributed by atoms with van der Waals surface area (Å²) >= 11 is 1.84. The average molecular weight is 357 g/mol. The normalized spacial score (nSPS) is 10.5. The Morgan fingerprint density at radius 3 is 2.65 bits per heavy atom. The third-order valence-corrected chi connectivity index (χ3v) is 3.27. The van der Waals surface area contributed by atoms with Crippen LogP contribution in [0.3, 0.4) is 0 Å². The predicted octanol–water partition coefficient (Wildman–Crippen LogP) is 2.35. The van der Waals surface area contributed by atoms with Crippen molar-refractivity contribution >= 4 is 28.6 Å². The summed E-state index contributed by atoms with van der Waals surface area (Å²) in [5.41, 5.74) is -0.271. The van der Waals surface area contributed by atoms with E-state index in [9.17, 15) is 13.6 Å². The molecular weight excluding hydrogens is 347 g/mol. The summed E-state index contributed by atoms with van der Waals surface area (Å²) < 4.78 is 35.4. The largest absolute Gasteiger partial charge is 0.494 e. The lowest BCUT2D eigenvalue weighted by Crippen LogP contribution is -2.11. The number of hydrogen-bond acceptors (Lipinski definition) is 4. The van der Waals surface area contributed by atoms with Crippen LogP contribution in [0.2, 0.25) is 0 Å². The van der Waals surface area contributed by atoms with Crippen molar-refractivity contribution in [3.05, 3.63) is 21.0 Å². The number of nitrogens with zero attached hydrogens (tertiary/aromatic N) is 1. The lowest BCUT2D eigenvalue weighted by Gasteiger charge is -2.12. The van der Waals surface area contributed by atoms with Crippen LogP contribution in [0.1, 0.15) is 17.7 Å². The monoisotopic (exact) mass is 357 g/mol. The van der Waals surface area contributed by atoms with E-state index in [2.05, 4.69) is 9.72 Å². The number of ether oxygens (including phenoxy) is 2. The molecule has 1 rings (SSSR count). The van der Waals surface area contributed by atoms with E-state index in [1.807, 2.05) is 22.6 Å². The number of pyridine rings is 1. The van der Waals surface area contributed by atoms with Crippen molar-refractivity contribution in [1.82, 2.24) is 4.98 Å². The first-order valence-corrected chi connectivity index (χ1v) is 5.65. The number of methoxy groups -OCH3 is 2. The van der Waals surface area contributed by atoms with Gasteiger partial charge >= 0.3 is 5.97 Å². The van der Waals surface area contributed by atoms with Gasteiger partial charge in [-0.05, 0) is 22.6 Å². The molecule has 0 fully saturated rings. The minimum Gasteiger partial charge on any atom is -0.494 e. The highest BCUT2D eigenvalue weighted by Crippen LogP contribution is 2.30. The molecule has 17 heavy (non-hydrogen) atoms. The van der Waals surface area contributed by atoms with Crippen molar-refractivity contribution in [1.29, 1.82) is 0 Å². The van der Waals surface area contributed by atoms with Gasteiger partial charge in [-0.1, -0.05) is 0 Å². The molecule has 0 aliphatic heterocycles. The lowest BCUT2D eigenvalue weighted by atomic mass is 10.1. The predicted molar refractivity (Wildman–Crippen MR) is 64.2 cm³/mol. The summed E-state index contributed by atoms with van der Waals surface area (Å²) in [5.74, 6) is -0.242. The van der Waals surface area contributed by atoms with E-state index in [0.29, 0.717) is 9.32 Å². The molecule has 0 saturated heterocycles. The Hall–Kier alpha value is -0.990. The summed E-state index contributed by atoms with van der Waals surface area (Å²) in [7, 11) is 2.61. The van der Waals surface area contributed by atoms with Gasteiger partial charge in [0.1, 0.15) is 5.69 Å². The van der Waals surface area contributed by atoms with Crippen LogP contribution < -0.4 is 4.74 Å². The lowest BCUT2D eigenvalue weighted by molar-refractivity contribution is -0.139. The Balaban J connectivity index is 3.24. The van der Waals surface area contributed by atoms with Crippen LogP contribution in [0.5, 0.6) is 5.75 Å². The smallest absolute Gasteiger partial charge is 0.310 e. The van der Waals surface area contributed by atoms with E-state index >= 15 is 0 Å². The highest BCUT2D eigenvalue weighted by atomic mass is 127. The van der Waals surface area contributed by atoms with Crippen molar-refractivity contribution in [3.8, 4) is 5.75 Å². The quantitative estimate of drug-likeness (QED) is 0.613. The number of esters is 1. The first-order valence-electron chi connectivity index (χ1n) is 4.57. The fourth-order valence-corrected chi connectivity index (χ4v) is 2.07. The third-order valence-electron chi connectivity index (χ3n) is 2.09. The van der Waals surface area contributed by atoms with Gasteiger partial charge in [0.15, 0.2) is 5.75 Å². The first-order chi connectivity index (χ1) is 8.01. The molecule has 0 aliphatic rings. The summed E-state index contributed by atoms with van der Waals surface area (Å²) in [4.78, 5) is 14.8. The molecule has 1 aromatic heterocycles. The molecule has 0 aliphatic carbocycles. The Bertz CT molecular complexity index is 426. The molecule has 0 aromatic carbocycles. The highest BCUT2D eigenvalue weighted by Gasteiger charge is 2.22. The van der Waals surface area contributed by atoms with Crippen LogP contribution in [0.25, 0.3) is 0 Å². The van der Waals surface area contributed by atoms with Crippen LogP contribution in [0.15, 0.2) is 6.20 Å². The molecule has 0 atom stereocenters. The zero-order valence-corrected chi connectivity index (χ0v) is 11.3. The van der Waals surface area contributed by atoms with Crippen molar-refractivity contribution in [2.24, 2.45) is 0 Å². The number of rotatable bonds is 4. The van der Waals surface area contributed by atoms with Gasteiger partial charge in [-0.25, -0.2) is 8.78 Å². The van der Waals surface area contributed by atoms with Crippen molar-refractivity contribution in [3.63, 3.8) is 0 Å². The van der Waals surface area contributed by atoms with Crippen LogP contribution >= 0.6 is 22.6 Å². The second-order valence-electron chi connectivity index (χ2n) is 3.06. The number of carbonyl (C=O) groups is 1. The van der Waals surface area contributed by atoms with Crippen molar-refractivity contribution < 1.29 is 23.0 Å². The third kappa shape index (κ3) is 3.24. The fourth-order valence-electron chi connectivity index (χ4n) is 1.24. The molecule has 1 heterocycles. The van der Waals surface area contributed by atoms with Gasteiger partial charge in [-0.2, -0.15) is 0 Å². The van der Waals surface area contributed by atoms with Crippen LogP contribution in [-0.2, 0) is 16.0 Å². The molecule has 94 valence electrons. The molecule has 7 heteroatoms. The average Bonchev–Trinajstić information content (AvgIpc) is 2.30. The molecule has 4 nitrogen and oxygen atoms in total. The maximum atomic E-state index is 12.7. The number of halogens is 3. The Labute approximate surface area is 110 Å². The SMILES string of the molecule is COC(=O)Cc1c(C(F)F)ncc(OC)c1I. The summed E-state index contributed by atoms with van der Waals surface area (Å²) in [6.07, 6.45) is -1.78. The minimum absolute atomic E-state index is 0.145. The molecule has 0 N–H and O–H groups in total. The zero-order chi connectivity index (χ0) is 13.0. The van der Waals surface area contributed by atoms with Crippen LogP contribution in [0, 0.1) is 3.57 Å². The Morgan fingerprint density at radius 2 is 2.18 bits per heavy atom. The van der Waals surface area contributed by atoms with E-state index in [0.717, 1.165) is 0 Å². The molecule has 0 spiro atoms. The van der Waals surface area contributed by atoms with E-state index < -0.39 is 18.1 Å². The van der Waals surface area contributed by atoms with E-state index in [4.69, 9.17) is 4.74 Å². The van der Waals surface area contributed by atoms with Gasteiger partial charge in [0, 0.05) is 5.56 Å². The van der Waals surface area contributed by atoms with Crippen molar-refractivity contribution in [2.45, 2.75) is 12.8 Å². The van der Waals surface area contributed by atoms with Gasteiger partial charge in [0.25, 0.3) is 6.43 Å². The maximum Gasteiger partial charge on any atom is 0.310 e. The van der Waals surface area contributed by atoms with Gasteiger partial charge in [0.05, 0.1) is 30.4 Å². The molecule has 0 amide bonds. The van der Waals surface area contributed by atoms with Gasteiger partial charge in [-0.15, -0.1) is 0 Å². The molecular formula is C10H10F2INO3. The fraction of sp³-hybridized carbons (Fsp3) is 0.400. The van der Waals surface area contributed by atoms with Gasteiger partial charge in [-0.3, -0.25) is 9.78 Å². The number of carbonyl (C=O) groups excluding carboxylic acids is 1. The van der Waals surface area contributed by atoms with Crippen molar-refractivity contribution in [2.75, 3.05) is 14.2 Å². The summed E-state index contributed by atoms with van der Waals surface area (Å²) in [6.45, 7) is 0. The number of hydrogen-bond donors (Lipinski definition) is 0. The van der Waals surface area contributed by atoms with Gasteiger partial charge in [0.2, 0.25) is 0 Å². The van der Waals surface area contributed by atoms with Crippen LogP contribution in [0.4, 0.5) is 8.78 Å². The first kappa shape index (κ1) is 14.1. The van der Waals surface area contributed by atoms with Gasteiger partial charge < -0.3 is 9.47 Å². The topological polar surface area (TPSA) is 48.4 Å². The van der Waals surface area contributed by atoms with E-state index in [1.165, 1.54) is 20.4 Å². The minimum atomic E-state index is -2.74. The second kappa shape index (κ2) is 6.08. The number of alkyl halides is 2. The van der Waals surface area contributed by atoms with E-state index in [1.54, 1.807) is 0 Å². The molecule has 0 saturated carbocycles. The maximum absolute atomic E-state index is 12.7. The second-order valence-corrected chi connectivity index (χ2v) is 4.14. The number of aromatic nitrogens is 1. The molecule has 0 radical (unpaired) electrons.